The predicted molar refractivity (Wildman–Crippen MR) is 63.6 cm³/mol. The molecule has 9 nitrogen and oxygen atoms in total. The highest BCUT2D eigenvalue weighted by Crippen LogP contribution is 2.16. The molecule has 0 unspecified atom stereocenters. The molecule has 0 aromatic carbocycles. The molecule has 18 heavy (non-hydrogen) atoms. The zero-order valence-corrected chi connectivity index (χ0v) is 9.29. The molecule has 0 aliphatic carbocycles. The van der Waals surface area contributed by atoms with Gasteiger partial charge < -0.3 is 26.3 Å². The standard InChI is InChI=1S/C9H12N6O3/c10-6-7(11)14(16)9(15(17)8(6)12)13-4-5-2-1-3-18-5/h1-3,13H,4,10-12H2. The van der Waals surface area contributed by atoms with E-state index in [4.69, 9.17) is 21.6 Å². The first-order valence-electron chi connectivity index (χ1n) is 4.98. The zero-order chi connectivity index (χ0) is 13.3. The monoisotopic (exact) mass is 252 g/mol. The Labute approximate surface area is 102 Å². The second-order valence-electron chi connectivity index (χ2n) is 3.53. The lowest BCUT2D eigenvalue weighted by Crippen LogP contribution is -2.49. The minimum Gasteiger partial charge on any atom is -0.706 e. The molecular formula is C9H12N6O3. The smallest absolute Gasteiger partial charge is 0.454 e. The first-order valence-corrected chi connectivity index (χ1v) is 4.98. The minimum absolute atomic E-state index is 0.139. The van der Waals surface area contributed by atoms with Crippen LogP contribution in [0.1, 0.15) is 5.76 Å². The summed E-state index contributed by atoms with van der Waals surface area (Å²) in [6, 6.07) is 3.36. The molecule has 0 bridgehead atoms. The van der Waals surface area contributed by atoms with Crippen molar-refractivity contribution in [2.75, 3.05) is 22.5 Å². The molecule has 2 aromatic rings. The zero-order valence-electron chi connectivity index (χ0n) is 9.29. The summed E-state index contributed by atoms with van der Waals surface area (Å²) < 4.78 is 5.41. The fourth-order valence-corrected chi connectivity index (χ4v) is 1.38. The number of aromatic nitrogens is 2. The molecule has 9 heteroatoms. The Morgan fingerprint density at radius 2 is 1.78 bits per heavy atom. The maximum atomic E-state index is 11.7. The highest BCUT2D eigenvalue weighted by atomic mass is 16.5. The molecule has 0 aliphatic rings. The largest absolute Gasteiger partial charge is 0.706 e. The van der Waals surface area contributed by atoms with Crippen LogP contribution in [0.25, 0.3) is 0 Å². The summed E-state index contributed by atoms with van der Waals surface area (Å²) in [4.78, 5) is 0. The molecule has 0 saturated carbocycles. The van der Waals surface area contributed by atoms with E-state index in [2.05, 4.69) is 5.32 Å². The van der Waals surface area contributed by atoms with Gasteiger partial charge in [-0.3, -0.25) is 5.73 Å². The van der Waals surface area contributed by atoms with Gasteiger partial charge in [0, 0.05) is 0 Å². The van der Waals surface area contributed by atoms with Crippen molar-refractivity contribution in [3.63, 3.8) is 0 Å². The number of nitrogen functional groups attached to an aromatic ring is 3. The fraction of sp³-hybridized carbons (Fsp3) is 0.111. The predicted octanol–water partition coefficient (Wildman–Crippen LogP) is -1.09. The van der Waals surface area contributed by atoms with E-state index in [9.17, 15) is 10.4 Å². The van der Waals surface area contributed by atoms with Gasteiger partial charge in [-0.25, -0.2) is 5.32 Å². The molecule has 2 rings (SSSR count). The van der Waals surface area contributed by atoms with Gasteiger partial charge in [-0.15, -0.1) is 0 Å². The van der Waals surface area contributed by atoms with Crippen molar-refractivity contribution >= 4 is 23.3 Å². The maximum absolute atomic E-state index is 11.7. The van der Waals surface area contributed by atoms with Crippen molar-refractivity contribution in [3.8, 4) is 0 Å². The van der Waals surface area contributed by atoms with Gasteiger partial charge in [-0.05, 0) is 12.1 Å². The molecule has 0 saturated heterocycles. The Hall–Kier alpha value is -2.84. The second-order valence-corrected chi connectivity index (χ2v) is 3.53. The Morgan fingerprint density at radius 1 is 1.17 bits per heavy atom. The van der Waals surface area contributed by atoms with Crippen molar-refractivity contribution in [3.05, 3.63) is 34.6 Å². The maximum Gasteiger partial charge on any atom is 0.454 e. The quantitative estimate of drug-likeness (QED) is 0.399. The van der Waals surface area contributed by atoms with Crippen LogP contribution >= 0.6 is 0 Å². The van der Waals surface area contributed by atoms with Gasteiger partial charge in [0.15, 0.2) is 5.69 Å². The summed E-state index contributed by atoms with van der Waals surface area (Å²) in [6.45, 7) is 0.139. The van der Waals surface area contributed by atoms with E-state index >= 15 is 0 Å². The van der Waals surface area contributed by atoms with E-state index in [1.807, 2.05) is 0 Å². The second kappa shape index (κ2) is 4.20. The third kappa shape index (κ3) is 1.77. The Morgan fingerprint density at radius 3 is 2.28 bits per heavy atom. The van der Waals surface area contributed by atoms with Crippen LogP contribution in [0.2, 0.25) is 0 Å². The van der Waals surface area contributed by atoms with E-state index in [0.717, 1.165) is 0 Å². The van der Waals surface area contributed by atoms with Gasteiger partial charge in [0.05, 0.1) is 6.26 Å². The van der Waals surface area contributed by atoms with E-state index < -0.39 is 0 Å². The molecule has 0 fully saturated rings. The number of hydrogen-bond acceptors (Lipinski definition) is 7. The highest BCUT2D eigenvalue weighted by molar-refractivity contribution is 5.66. The molecule has 2 heterocycles. The van der Waals surface area contributed by atoms with Gasteiger partial charge in [-0.2, -0.15) is 9.46 Å². The molecule has 96 valence electrons. The van der Waals surface area contributed by atoms with Gasteiger partial charge >= 0.3 is 11.8 Å². The SMILES string of the molecule is Nc1c(N)[n+]([O-])c(NCc2ccco2)[n+]([O-])c1N. The van der Waals surface area contributed by atoms with Crippen molar-refractivity contribution in [1.82, 2.24) is 0 Å². The number of nitrogens with two attached hydrogens (primary N) is 3. The van der Waals surface area contributed by atoms with Crippen LogP contribution in [0.3, 0.4) is 0 Å². The Kier molecular flexibility index (Phi) is 2.72. The summed E-state index contributed by atoms with van der Waals surface area (Å²) in [6.07, 6.45) is 1.47. The third-order valence-electron chi connectivity index (χ3n) is 2.38. The Balaban J connectivity index is 2.33. The molecule has 0 spiro atoms. The first kappa shape index (κ1) is 11.6. The molecule has 7 N–H and O–H groups in total. The van der Waals surface area contributed by atoms with Crippen LogP contribution in [0.15, 0.2) is 22.8 Å². The number of rotatable bonds is 3. The molecule has 0 radical (unpaired) electrons. The van der Waals surface area contributed by atoms with Crippen LogP contribution in [0.5, 0.6) is 0 Å². The van der Waals surface area contributed by atoms with E-state index in [-0.39, 0.29) is 39.3 Å². The van der Waals surface area contributed by atoms with Crippen molar-refractivity contribution < 1.29 is 13.9 Å². The van der Waals surface area contributed by atoms with Crippen molar-refractivity contribution in [2.24, 2.45) is 0 Å². The van der Waals surface area contributed by atoms with E-state index in [1.165, 1.54) is 6.26 Å². The number of furan rings is 1. The lowest BCUT2D eigenvalue weighted by molar-refractivity contribution is -0.702. The average Bonchev–Trinajstić information content (AvgIpc) is 2.87. The average molecular weight is 252 g/mol. The molecule has 0 atom stereocenters. The molecule has 0 amide bonds. The van der Waals surface area contributed by atoms with Gasteiger partial charge in [-0.1, -0.05) is 0 Å². The Bertz CT molecular complexity index is 539. The van der Waals surface area contributed by atoms with E-state index in [1.54, 1.807) is 12.1 Å². The van der Waals surface area contributed by atoms with E-state index in [0.29, 0.717) is 5.76 Å². The number of hydrogen-bond donors (Lipinski definition) is 4. The number of anilines is 4. The number of nitrogens with zero attached hydrogens (tertiary/aromatic N) is 2. The fourth-order valence-electron chi connectivity index (χ4n) is 1.38. The lowest BCUT2D eigenvalue weighted by Gasteiger charge is -2.16. The van der Waals surface area contributed by atoms with Crippen molar-refractivity contribution in [1.29, 1.82) is 0 Å². The lowest BCUT2D eigenvalue weighted by atomic mass is 10.4. The summed E-state index contributed by atoms with van der Waals surface area (Å²) >= 11 is 0. The van der Waals surface area contributed by atoms with Gasteiger partial charge in [0.1, 0.15) is 12.3 Å². The topological polar surface area (TPSA) is 157 Å². The molecule has 2 aromatic heterocycles. The first-order chi connectivity index (χ1) is 8.52. The third-order valence-corrected chi connectivity index (χ3v) is 2.38. The van der Waals surface area contributed by atoms with Gasteiger partial charge in [0.2, 0.25) is 5.82 Å². The minimum atomic E-state index is -0.365. The van der Waals surface area contributed by atoms with Crippen LogP contribution in [-0.2, 0) is 6.54 Å². The molecular weight excluding hydrogens is 240 g/mol. The highest BCUT2D eigenvalue weighted by Gasteiger charge is 2.22. The van der Waals surface area contributed by atoms with Crippen LogP contribution < -0.4 is 32.0 Å². The van der Waals surface area contributed by atoms with Gasteiger partial charge in [0.25, 0.3) is 0 Å². The van der Waals surface area contributed by atoms with Crippen LogP contribution in [0.4, 0.5) is 23.3 Å². The molecule has 0 aliphatic heterocycles. The van der Waals surface area contributed by atoms with Crippen molar-refractivity contribution in [2.45, 2.75) is 6.54 Å². The summed E-state index contributed by atoms with van der Waals surface area (Å²) in [5.74, 6) is -0.484. The summed E-state index contributed by atoms with van der Waals surface area (Å²) in [7, 11) is 0. The summed E-state index contributed by atoms with van der Waals surface area (Å²) in [5.41, 5.74) is 16.0. The summed E-state index contributed by atoms with van der Waals surface area (Å²) in [5, 5.41) is 25.9. The number of nitrogens with one attached hydrogen (secondary N) is 1. The van der Waals surface area contributed by atoms with Crippen LogP contribution in [-0.4, -0.2) is 0 Å². The normalized spacial score (nSPS) is 10.4. The van der Waals surface area contributed by atoms with Crippen LogP contribution in [0, 0.1) is 10.4 Å².